The Labute approximate surface area is 173 Å². The Balaban J connectivity index is 1.49. The Hall–Kier alpha value is -2.89. The normalized spacial score (nSPS) is 14.5. The highest BCUT2D eigenvalue weighted by Crippen LogP contribution is 2.25. The number of ether oxygens (including phenoxy) is 2. The molecule has 0 atom stereocenters. The van der Waals surface area contributed by atoms with Crippen molar-refractivity contribution in [3.8, 4) is 11.5 Å². The maximum atomic E-state index is 12.7. The van der Waals surface area contributed by atoms with Crippen LogP contribution < -0.4 is 19.7 Å². The van der Waals surface area contributed by atoms with Gasteiger partial charge in [0.1, 0.15) is 11.5 Å². The van der Waals surface area contributed by atoms with Crippen LogP contribution in [0.5, 0.6) is 11.5 Å². The quantitative estimate of drug-likeness (QED) is 0.810. The van der Waals surface area contributed by atoms with Gasteiger partial charge in [-0.3, -0.25) is 0 Å². The number of amides is 2. The summed E-state index contributed by atoms with van der Waals surface area (Å²) >= 11 is 0. The summed E-state index contributed by atoms with van der Waals surface area (Å²) in [7, 11) is 3.33. The van der Waals surface area contributed by atoms with Crippen LogP contribution in [0.15, 0.2) is 48.5 Å². The van der Waals surface area contributed by atoms with Gasteiger partial charge in [0.15, 0.2) is 0 Å². The molecule has 0 spiro atoms. The molecule has 1 saturated heterocycles. The molecule has 2 amide bonds. The molecular formula is C23H31N3O3. The molecule has 1 heterocycles. The maximum Gasteiger partial charge on any atom is 0.317 e. The summed E-state index contributed by atoms with van der Waals surface area (Å²) in [5.74, 6) is 1.69. The molecule has 1 aliphatic heterocycles. The van der Waals surface area contributed by atoms with Crippen LogP contribution in [0.4, 0.5) is 10.5 Å². The first-order valence-electron chi connectivity index (χ1n) is 9.99. The van der Waals surface area contributed by atoms with Crippen molar-refractivity contribution in [3.63, 3.8) is 0 Å². The Morgan fingerprint density at radius 3 is 1.93 bits per heavy atom. The van der Waals surface area contributed by atoms with Crippen molar-refractivity contribution < 1.29 is 14.3 Å². The van der Waals surface area contributed by atoms with E-state index in [4.69, 9.17) is 9.47 Å². The lowest BCUT2D eigenvalue weighted by molar-refractivity contribution is 0.192. The van der Waals surface area contributed by atoms with Gasteiger partial charge in [-0.1, -0.05) is 26.0 Å². The predicted molar refractivity (Wildman–Crippen MR) is 116 cm³/mol. The van der Waals surface area contributed by atoms with Crippen molar-refractivity contribution in [2.24, 2.45) is 0 Å². The number of hydrogen-bond acceptors (Lipinski definition) is 4. The number of rotatable bonds is 6. The van der Waals surface area contributed by atoms with E-state index in [1.165, 1.54) is 5.56 Å². The number of carbonyl (C=O) groups excluding carboxylic acids is 1. The summed E-state index contributed by atoms with van der Waals surface area (Å²) in [5, 5.41) is 3.11. The van der Waals surface area contributed by atoms with Gasteiger partial charge in [0, 0.05) is 43.8 Å². The van der Waals surface area contributed by atoms with E-state index in [0.29, 0.717) is 19.6 Å². The highest BCUT2D eigenvalue weighted by Gasteiger charge is 2.25. The molecule has 0 aliphatic carbocycles. The smallest absolute Gasteiger partial charge is 0.317 e. The molecule has 0 bridgehead atoms. The zero-order chi connectivity index (χ0) is 20.9. The summed E-state index contributed by atoms with van der Waals surface area (Å²) in [5.41, 5.74) is 2.17. The largest absolute Gasteiger partial charge is 0.497 e. The molecular weight excluding hydrogens is 366 g/mol. The zero-order valence-electron chi connectivity index (χ0n) is 17.8. The van der Waals surface area contributed by atoms with Crippen LogP contribution in [-0.4, -0.2) is 57.9 Å². The lowest BCUT2D eigenvalue weighted by Crippen LogP contribution is -2.53. The minimum atomic E-state index is -0.160. The van der Waals surface area contributed by atoms with Crippen LogP contribution in [0.2, 0.25) is 0 Å². The van der Waals surface area contributed by atoms with Gasteiger partial charge in [-0.2, -0.15) is 0 Å². The molecule has 0 saturated carbocycles. The van der Waals surface area contributed by atoms with Crippen molar-refractivity contribution in [2.45, 2.75) is 19.3 Å². The third-order valence-corrected chi connectivity index (χ3v) is 5.56. The third kappa shape index (κ3) is 5.13. The van der Waals surface area contributed by atoms with E-state index in [9.17, 15) is 4.79 Å². The summed E-state index contributed by atoms with van der Waals surface area (Å²) in [6.45, 7) is 7.91. The van der Waals surface area contributed by atoms with Gasteiger partial charge < -0.3 is 24.6 Å². The van der Waals surface area contributed by atoms with E-state index < -0.39 is 0 Å². The summed E-state index contributed by atoms with van der Waals surface area (Å²) in [6, 6.07) is 16.1. The lowest BCUT2D eigenvalue weighted by atomic mass is 9.84. The highest BCUT2D eigenvalue weighted by molar-refractivity contribution is 5.74. The first-order valence-corrected chi connectivity index (χ1v) is 9.99. The fraction of sp³-hybridized carbons (Fsp3) is 0.435. The van der Waals surface area contributed by atoms with Gasteiger partial charge in [0.2, 0.25) is 0 Å². The summed E-state index contributed by atoms with van der Waals surface area (Å²) < 4.78 is 10.4. The molecule has 156 valence electrons. The van der Waals surface area contributed by atoms with E-state index in [2.05, 4.69) is 48.3 Å². The molecule has 3 rings (SSSR count). The molecule has 1 N–H and O–H groups in total. The fourth-order valence-corrected chi connectivity index (χ4v) is 3.51. The monoisotopic (exact) mass is 397 g/mol. The minimum Gasteiger partial charge on any atom is -0.497 e. The standard InChI is InChI=1S/C23H31N3O3/c1-23(2,18-5-9-20(28-3)10-6-18)17-24-22(27)26-15-13-25(14-16-26)19-7-11-21(29-4)12-8-19/h5-12H,13-17H2,1-4H3,(H,24,27). The van der Waals surface area contributed by atoms with Crippen LogP contribution in [0.1, 0.15) is 19.4 Å². The Kier molecular flexibility index (Phi) is 6.52. The molecule has 6 heteroatoms. The number of urea groups is 1. The minimum absolute atomic E-state index is 0.000896. The molecule has 2 aromatic carbocycles. The highest BCUT2D eigenvalue weighted by atomic mass is 16.5. The van der Waals surface area contributed by atoms with Crippen LogP contribution in [0, 0.1) is 0 Å². The second-order valence-electron chi connectivity index (χ2n) is 7.94. The molecule has 29 heavy (non-hydrogen) atoms. The number of piperazine rings is 1. The van der Waals surface area contributed by atoms with Gasteiger partial charge >= 0.3 is 6.03 Å². The second-order valence-corrected chi connectivity index (χ2v) is 7.94. The first-order chi connectivity index (χ1) is 13.9. The molecule has 0 unspecified atom stereocenters. The van der Waals surface area contributed by atoms with Gasteiger partial charge in [0.25, 0.3) is 0 Å². The van der Waals surface area contributed by atoms with Crippen molar-refractivity contribution >= 4 is 11.7 Å². The van der Waals surface area contributed by atoms with Crippen LogP contribution >= 0.6 is 0 Å². The Morgan fingerprint density at radius 1 is 0.897 bits per heavy atom. The number of nitrogens with zero attached hydrogens (tertiary/aromatic N) is 2. The van der Waals surface area contributed by atoms with Crippen LogP contribution in [0.25, 0.3) is 0 Å². The van der Waals surface area contributed by atoms with Crippen molar-refractivity contribution in [1.82, 2.24) is 10.2 Å². The predicted octanol–water partition coefficient (Wildman–Crippen LogP) is 3.51. The first kappa shape index (κ1) is 20.8. The zero-order valence-corrected chi connectivity index (χ0v) is 17.8. The molecule has 0 radical (unpaired) electrons. The molecule has 1 aliphatic rings. The number of carbonyl (C=O) groups is 1. The number of hydrogen-bond donors (Lipinski definition) is 1. The molecule has 2 aromatic rings. The number of nitrogens with one attached hydrogen (secondary N) is 1. The maximum absolute atomic E-state index is 12.7. The van der Waals surface area contributed by atoms with Crippen LogP contribution in [0.3, 0.4) is 0 Å². The Bertz CT molecular complexity index is 795. The SMILES string of the molecule is COc1ccc(N2CCN(C(=O)NCC(C)(C)c3ccc(OC)cc3)CC2)cc1. The van der Waals surface area contributed by atoms with E-state index >= 15 is 0 Å². The average molecular weight is 398 g/mol. The van der Waals surface area contributed by atoms with E-state index in [0.717, 1.165) is 30.3 Å². The van der Waals surface area contributed by atoms with E-state index in [1.807, 2.05) is 29.2 Å². The average Bonchev–Trinajstić information content (AvgIpc) is 2.77. The lowest BCUT2D eigenvalue weighted by Gasteiger charge is -2.36. The Morgan fingerprint density at radius 2 is 1.41 bits per heavy atom. The van der Waals surface area contributed by atoms with E-state index in [-0.39, 0.29) is 11.4 Å². The van der Waals surface area contributed by atoms with Crippen LogP contribution in [-0.2, 0) is 5.41 Å². The second kappa shape index (κ2) is 9.07. The molecule has 6 nitrogen and oxygen atoms in total. The number of methoxy groups -OCH3 is 2. The van der Waals surface area contributed by atoms with Gasteiger partial charge in [-0.05, 0) is 42.0 Å². The molecule has 1 fully saturated rings. The van der Waals surface area contributed by atoms with Gasteiger partial charge in [-0.15, -0.1) is 0 Å². The summed E-state index contributed by atoms with van der Waals surface area (Å²) in [6.07, 6.45) is 0. The van der Waals surface area contributed by atoms with Gasteiger partial charge in [0.05, 0.1) is 14.2 Å². The van der Waals surface area contributed by atoms with E-state index in [1.54, 1.807) is 14.2 Å². The van der Waals surface area contributed by atoms with Crippen molar-refractivity contribution in [3.05, 3.63) is 54.1 Å². The van der Waals surface area contributed by atoms with Crippen molar-refractivity contribution in [1.29, 1.82) is 0 Å². The van der Waals surface area contributed by atoms with Crippen molar-refractivity contribution in [2.75, 3.05) is 51.8 Å². The number of benzene rings is 2. The third-order valence-electron chi connectivity index (χ3n) is 5.56. The number of anilines is 1. The fourth-order valence-electron chi connectivity index (χ4n) is 3.51. The topological polar surface area (TPSA) is 54.0 Å². The van der Waals surface area contributed by atoms with Gasteiger partial charge in [-0.25, -0.2) is 4.79 Å². The molecule has 0 aromatic heterocycles. The summed E-state index contributed by atoms with van der Waals surface area (Å²) in [4.78, 5) is 16.9.